The fraction of sp³-hybridized carbons (Fsp3) is 0.167. The molecule has 0 saturated heterocycles. The second-order valence-electron chi connectivity index (χ2n) is 14.6. The van der Waals surface area contributed by atoms with Gasteiger partial charge in [-0.15, -0.1) is 0 Å². The van der Waals surface area contributed by atoms with E-state index in [0.29, 0.717) is 56.7 Å². The van der Waals surface area contributed by atoms with Gasteiger partial charge in [0.2, 0.25) is 0 Å². The van der Waals surface area contributed by atoms with Crippen LogP contribution < -0.4 is 25.4 Å². The lowest BCUT2D eigenvalue weighted by Gasteiger charge is -2.25. The smallest absolute Gasteiger partial charge is 0.416 e. The summed E-state index contributed by atoms with van der Waals surface area (Å²) >= 11 is 0. The highest BCUT2D eigenvalue weighted by atomic mass is 19.4. The number of amides is 2. The van der Waals surface area contributed by atoms with Crippen LogP contribution in [0.4, 0.5) is 35.0 Å². The first kappa shape index (κ1) is 42.5. The van der Waals surface area contributed by atoms with Crippen LogP contribution in [0.15, 0.2) is 133 Å². The van der Waals surface area contributed by atoms with Crippen molar-refractivity contribution in [2.75, 3.05) is 17.3 Å². The first-order valence-corrected chi connectivity index (χ1v) is 19.5. The third-order valence-corrected chi connectivity index (χ3v) is 10.3. The van der Waals surface area contributed by atoms with Gasteiger partial charge in [0.15, 0.2) is 5.78 Å². The maximum atomic E-state index is 13.3. The number of hydrogen-bond acceptors (Lipinski definition) is 8. The molecular weight excluding hydrogens is 800 g/mol. The highest BCUT2D eigenvalue weighted by Crippen LogP contribution is 2.38. The number of urea groups is 1. The fourth-order valence-electron chi connectivity index (χ4n) is 7.22. The molecule has 6 aromatic carbocycles. The van der Waals surface area contributed by atoms with E-state index in [2.05, 4.69) is 5.32 Å². The molecule has 2 amide bonds. The van der Waals surface area contributed by atoms with Crippen LogP contribution in [-0.2, 0) is 35.8 Å². The van der Waals surface area contributed by atoms with Gasteiger partial charge in [0.25, 0.3) is 0 Å². The number of imidazole rings is 1. The molecule has 1 heterocycles. The number of rotatable bonds is 14. The molecule has 11 nitrogen and oxygen atoms in total. The largest absolute Gasteiger partial charge is 0.486 e. The van der Waals surface area contributed by atoms with E-state index in [9.17, 15) is 27.6 Å². The lowest BCUT2D eigenvalue weighted by molar-refractivity contribution is -0.141. The average molecular weight is 842 g/mol. The van der Waals surface area contributed by atoms with Crippen LogP contribution in [0.2, 0.25) is 0 Å². The molecule has 0 bridgehead atoms. The Balaban J connectivity index is 1.01. The third-order valence-electron chi connectivity index (χ3n) is 10.3. The highest BCUT2D eigenvalue weighted by Gasteiger charge is 2.31. The maximum Gasteiger partial charge on any atom is 0.416 e. The molecule has 3 N–H and O–H groups in total. The zero-order valence-electron chi connectivity index (χ0n) is 34.2. The lowest BCUT2D eigenvalue weighted by atomic mass is 10.00. The van der Waals surface area contributed by atoms with Crippen LogP contribution in [0.25, 0.3) is 11.0 Å². The molecule has 0 spiro atoms. The first-order valence-electron chi connectivity index (χ1n) is 19.5. The molecule has 14 heteroatoms. The normalized spacial score (nSPS) is 11.8. The number of carbonyl (C=O) groups excluding carboxylic acids is 3. The quantitative estimate of drug-likeness (QED) is 0.0816. The Morgan fingerprint density at radius 2 is 1.45 bits per heavy atom. The molecule has 62 heavy (non-hydrogen) atoms. The SMILES string of the molecule is COC(=O)[C@H](Cc1ccc(OCc2nc3ccc(Oc4cc(C)c(N(C(N)=O)c5ccc(C(F)(F)F)cc5)c(C)c4)cc3n2C)cc1)Nc1ccccc1C(=O)c1ccccc1. The number of halogens is 3. The van der Waals surface area contributed by atoms with Crippen molar-refractivity contribution in [2.45, 2.75) is 39.1 Å². The van der Waals surface area contributed by atoms with Gasteiger partial charge in [0, 0.05) is 36.3 Å². The van der Waals surface area contributed by atoms with Gasteiger partial charge in [-0.2, -0.15) is 13.2 Å². The minimum atomic E-state index is -4.52. The number of nitrogens with zero attached hydrogens (tertiary/aromatic N) is 3. The maximum absolute atomic E-state index is 13.3. The van der Waals surface area contributed by atoms with E-state index >= 15 is 0 Å². The number of ketones is 1. The number of methoxy groups -OCH3 is 1. The molecule has 0 aliphatic carbocycles. The number of benzene rings is 6. The van der Waals surface area contributed by atoms with Crippen molar-refractivity contribution in [2.24, 2.45) is 12.8 Å². The van der Waals surface area contributed by atoms with Crippen LogP contribution in [0.3, 0.4) is 0 Å². The van der Waals surface area contributed by atoms with E-state index in [1.165, 1.54) is 24.1 Å². The Hall–Kier alpha value is -7.61. The van der Waals surface area contributed by atoms with E-state index < -0.39 is 29.8 Å². The van der Waals surface area contributed by atoms with Gasteiger partial charge in [-0.3, -0.25) is 9.69 Å². The third kappa shape index (κ3) is 9.39. The van der Waals surface area contributed by atoms with Crippen LogP contribution in [0, 0.1) is 13.8 Å². The molecular formula is C48H42F3N5O6. The van der Waals surface area contributed by atoms with Crippen molar-refractivity contribution in [3.8, 4) is 17.2 Å². The second kappa shape index (κ2) is 17.9. The Morgan fingerprint density at radius 3 is 2.10 bits per heavy atom. The highest BCUT2D eigenvalue weighted by molar-refractivity contribution is 6.12. The number of para-hydroxylation sites is 1. The minimum Gasteiger partial charge on any atom is -0.486 e. The lowest BCUT2D eigenvalue weighted by Crippen LogP contribution is -2.33. The van der Waals surface area contributed by atoms with Crippen molar-refractivity contribution in [3.63, 3.8) is 0 Å². The van der Waals surface area contributed by atoms with Crippen molar-refractivity contribution < 1.29 is 41.8 Å². The van der Waals surface area contributed by atoms with Crippen LogP contribution in [0.5, 0.6) is 17.2 Å². The number of aromatic nitrogens is 2. The summed E-state index contributed by atoms with van der Waals surface area (Å²) in [7, 11) is 3.19. The van der Waals surface area contributed by atoms with Gasteiger partial charge in [-0.05, 0) is 103 Å². The van der Waals surface area contributed by atoms with Crippen molar-refractivity contribution in [1.82, 2.24) is 9.55 Å². The molecule has 7 rings (SSSR count). The number of nitrogens with two attached hydrogens (primary N) is 1. The van der Waals surface area contributed by atoms with E-state index in [-0.39, 0.29) is 24.5 Å². The number of ether oxygens (including phenoxy) is 3. The summed E-state index contributed by atoms with van der Waals surface area (Å²) in [5, 5.41) is 3.23. The Kier molecular flexibility index (Phi) is 12.3. The van der Waals surface area contributed by atoms with Crippen LogP contribution in [-0.4, -0.2) is 40.5 Å². The number of aryl methyl sites for hydroxylation is 3. The zero-order valence-corrected chi connectivity index (χ0v) is 34.2. The summed E-state index contributed by atoms with van der Waals surface area (Å²) in [5.74, 6) is 1.61. The van der Waals surface area contributed by atoms with E-state index in [0.717, 1.165) is 28.7 Å². The van der Waals surface area contributed by atoms with Crippen LogP contribution >= 0.6 is 0 Å². The number of nitrogens with one attached hydrogen (secondary N) is 1. The number of alkyl halides is 3. The van der Waals surface area contributed by atoms with Crippen molar-refractivity contribution in [3.05, 3.63) is 173 Å². The summed E-state index contributed by atoms with van der Waals surface area (Å²) in [6.45, 7) is 3.68. The number of carbonyl (C=O) groups is 3. The van der Waals surface area contributed by atoms with Crippen LogP contribution in [0.1, 0.15) is 44.0 Å². The zero-order chi connectivity index (χ0) is 44.1. The summed E-state index contributed by atoms with van der Waals surface area (Å²) in [4.78, 5) is 44.7. The molecule has 1 atom stereocenters. The second-order valence-corrected chi connectivity index (χ2v) is 14.6. The molecule has 0 fully saturated rings. The number of primary amides is 1. The molecule has 316 valence electrons. The number of fused-ring (bicyclic) bond motifs is 1. The standard InChI is InChI=1S/C48H42F3N5O6/c1-29-24-37(25-30(2)44(29)56(47(52)59)34-18-16-33(17-19-34)48(49,50)51)62-36-22-23-40-42(27-36)55(3)43(54-40)28-61-35-20-14-31(15-21-35)26-41(46(58)60-4)53-39-13-9-8-12-38(39)45(57)32-10-6-5-7-11-32/h5-25,27,41,53H,26,28H2,1-4H3,(H2,52,59)/t41-/m0/s1. The fourth-order valence-corrected chi connectivity index (χ4v) is 7.22. The van der Waals surface area contributed by atoms with Gasteiger partial charge in [-0.1, -0.05) is 54.6 Å². The molecule has 0 unspecified atom stereocenters. The van der Waals surface area contributed by atoms with E-state index in [1.54, 1.807) is 80.6 Å². The topological polar surface area (TPSA) is 138 Å². The first-order chi connectivity index (χ1) is 29.7. The Labute approximate surface area is 355 Å². The van der Waals surface area contributed by atoms with Gasteiger partial charge in [0.1, 0.15) is 35.7 Å². The number of anilines is 3. The van der Waals surface area contributed by atoms with E-state index in [1.807, 2.05) is 54.1 Å². The summed E-state index contributed by atoms with van der Waals surface area (Å²) in [6, 6.07) is 34.9. The summed E-state index contributed by atoms with van der Waals surface area (Å²) in [5.41, 5.74) is 10.6. The number of esters is 1. The molecule has 1 aromatic heterocycles. The van der Waals surface area contributed by atoms with Crippen molar-refractivity contribution >= 4 is 45.9 Å². The predicted molar refractivity (Wildman–Crippen MR) is 230 cm³/mol. The molecule has 0 aliphatic rings. The van der Waals surface area contributed by atoms with Gasteiger partial charge < -0.3 is 29.8 Å². The molecule has 7 aromatic rings. The minimum absolute atomic E-state index is 0.161. The van der Waals surface area contributed by atoms with Gasteiger partial charge in [-0.25, -0.2) is 14.6 Å². The molecule has 0 aliphatic heterocycles. The summed E-state index contributed by atoms with van der Waals surface area (Å²) in [6.07, 6.45) is -4.24. The Morgan fingerprint density at radius 1 is 0.806 bits per heavy atom. The Bertz CT molecular complexity index is 2730. The van der Waals surface area contributed by atoms with Gasteiger partial charge in [0.05, 0.1) is 35.1 Å². The molecule has 0 radical (unpaired) electrons. The summed E-state index contributed by atoms with van der Waals surface area (Å²) < 4.78 is 58.9. The molecule has 0 saturated carbocycles. The average Bonchev–Trinajstić information content (AvgIpc) is 3.57. The van der Waals surface area contributed by atoms with Gasteiger partial charge >= 0.3 is 18.2 Å². The number of hydrogen-bond donors (Lipinski definition) is 2. The monoisotopic (exact) mass is 841 g/mol. The van der Waals surface area contributed by atoms with Crippen molar-refractivity contribution in [1.29, 1.82) is 0 Å². The van der Waals surface area contributed by atoms with E-state index in [4.69, 9.17) is 24.9 Å². The predicted octanol–water partition coefficient (Wildman–Crippen LogP) is 10.2.